The second kappa shape index (κ2) is 10.4. The van der Waals surface area contributed by atoms with Crippen molar-refractivity contribution in [3.05, 3.63) is 92.7 Å². The van der Waals surface area contributed by atoms with Gasteiger partial charge in [-0.25, -0.2) is 4.39 Å². The molecule has 0 fully saturated rings. The number of rotatable bonds is 7. The van der Waals surface area contributed by atoms with E-state index in [-0.39, 0.29) is 5.91 Å². The molecular weight excluding hydrogens is 460 g/mol. The highest BCUT2D eigenvalue weighted by Gasteiger charge is 2.14. The van der Waals surface area contributed by atoms with E-state index in [0.29, 0.717) is 27.7 Å². The maximum Gasteiger partial charge on any atom is 0.251 e. The van der Waals surface area contributed by atoms with Crippen LogP contribution in [0.3, 0.4) is 0 Å². The van der Waals surface area contributed by atoms with Gasteiger partial charge in [-0.3, -0.25) is 9.79 Å². The van der Waals surface area contributed by atoms with Gasteiger partial charge >= 0.3 is 0 Å². The number of carbonyl (C=O) groups is 1. The van der Waals surface area contributed by atoms with E-state index in [9.17, 15) is 9.18 Å². The predicted octanol–water partition coefficient (Wildman–Crippen LogP) is 5.97. The number of aliphatic imine (C=N–C) groups is 1. The Morgan fingerprint density at radius 1 is 1.03 bits per heavy atom. The van der Waals surface area contributed by atoms with Crippen molar-refractivity contribution < 1.29 is 9.18 Å². The number of hydrogen-bond acceptors (Lipinski definition) is 3. The van der Waals surface area contributed by atoms with Gasteiger partial charge in [-0.1, -0.05) is 41.4 Å². The topological polar surface area (TPSA) is 53.5 Å². The summed E-state index contributed by atoms with van der Waals surface area (Å²) in [5.41, 5.74) is 4.88. The van der Waals surface area contributed by atoms with E-state index in [0.717, 1.165) is 54.0 Å². The number of benzene rings is 3. The molecule has 2 N–H and O–H groups in total. The molecule has 0 atom stereocenters. The quantitative estimate of drug-likeness (QED) is 0.434. The van der Waals surface area contributed by atoms with Crippen molar-refractivity contribution in [1.29, 1.82) is 0 Å². The number of nitrogens with zero attached hydrogens (tertiary/aromatic N) is 1. The number of carbonyl (C=O) groups excluding carboxylic acids is 1. The first-order chi connectivity index (χ1) is 15.9. The third kappa shape index (κ3) is 5.92. The smallest absolute Gasteiger partial charge is 0.251 e. The van der Waals surface area contributed by atoms with Crippen LogP contribution in [0.15, 0.2) is 59.6 Å². The van der Waals surface area contributed by atoms with Crippen LogP contribution in [0.5, 0.6) is 0 Å². The minimum atomic E-state index is -0.401. The first-order valence-corrected chi connectivity index (χ1v) is 11.5. The fourth-order valence-corrected chi connectivity index (χ4v) is 4.22. The second-order valence-electron chi connectivity index (χ2n) is 8.06. The van der Waals surface area contributed by atoms with Crippen molar-refractivity contribution >= 4 is 34.9 Å². The summed E-state index contributed by atoms with van der Waals surface area (Å²) >= 11 is 12.4. The van der Waals surface area contributed by atoms with E-state index < -0.39 is 5.82 Å². The molecule has 1 aliphatic rings. The summed E-state index contributed by atoms with van der Waals surface area (Å²) in [6.07, 6.45) is 1.47. The Morgan fingerprint density at radius 3 is 2.61 bits per heavy atom. The Bertz CT molecular complexity index is 1230. The van der Waals surface area contributed by atoms with Gasteiger partial charge in [0.1, 0.15) is 5.82 Å². The van der Waals surface area contributed by atoms with E-state index >= 15 is 0 Å². The zero-order valence-corrected chi connectivity index (χ0v) is 19.7. The molecule has 0 saturated carbocycles. The fraction of sp³-hybridized carbons (Fsp3) is 0.231. The number of hydrogen-bond donors (Lipinski definition) is 2. The van der Waals surface area contributed by atoms with Crippen LogP contribution in [0.1, 0.15) is 33.5 Å². The average Bonchev–Trinajstić information content (AvgIpc) is 3.32. The lowest BCUT2D eigenvalue weighted by molar-refractivity contribution is 0.0951. The summed E-state index contributed by atoms with van der Waals surface area (Å²) in [5.74, 6) is 0.381. The van der Waals surface area contributed by atoms with Crippen molar-refractivity contribution in [2.45, 2.75) is 26.3 Å². The van der Waals surface area contributed by atoms with Gasteiger partial charge < -0.3 is 10.6 Å². The zero-order chi connectivity index (χ0) is 23.4. The number of aryl methyl sites for hydroxylation is 2. The Labute approximate surface area is 202 Å². The minimum absolute atomic E-state index is 0.194. The molecule has 0 spiro atoms. The highest BCUT2D eigenvalue weighted by molar-refractivity contribution is 6.33. The summed E-state index contributed by atoms with van der Waals surface area (Å²) < 4.78 is 13.6. The van der Waals surface area contributed by atoms with Gasteiger partial charge in [0.15, 0.2) is 0 Å². The standard InChI is InChI=1S/C26H24Cl2FN3O/c1-16-10-18(2-6-23(16)27)15-32-26(33)20-12-17(3-7-25-30-8-9-31-25)11-19(13-20)22-5-4-21(29)14-24(22)28/h2,4-6,10-14H,3,7-9,15H2,1H3,(H,30,31)(H,32,33). The summed E-state index contributed by atoms with van der Waals surface area (Å²) in [6.45, 7) is 3.96. The van der Waals surface area contributed by atoms with Crippen molar-refractivity contribution in [3.63, 3.8) is 0 Å². The Hall–Kier alpha value is -2.89. The van der Waals surface area contributed by atoms with Crippen molar-refractivity contribution in [2.75, 3.05) is 13.1 Å². The predicted molar refractivity (Wildman–Crippen MR) is 133 cm³/mol. The van der Waals surface area contributed by atoms with Crippen LogP contribution in [0.4, 0.5) is 4.39 Å². The molecule has 1 heterocycles. The van der Waals surface area contributed by atoms with Gasteiger partial charge in [0, 0.05) is 35.7 Å². The third-order valence-electron chi connectivity index (χ3n) is 5.57. The van der Waals surface area contributed by atoms with Gasteiger partial charge in [0.25, 0.3) is 5.91 Å². The van der Waals surface area contributed by atoms with Crippen LogP contribution in [0.2, 0.25) is 10.0 Å². The van der Waals surface area contributed by atoms with Crippen molar-refractivity contribution in [1.82, 2.24) is 10.6 Å². The van der Waals surface area contributed by atoms with E-state index in [4.69, 9.17) is 23.2 Å². The molecule has 0 aromatic heterocycles. The maximum absolute atomic E-state index is 13.6. The molecule has 3 aromatic rings. The Balaban J connectivity index is 1.59. The van der Waals surface area contributed by atoms with Crippen LogP contribution < -0.4 is 10.6 Å². The monoisotopic (exact) mass is 483 g/mol. The molecule has 3 aromatic carbocycles. The van der Waals surface area contributed by atoms with Crippen LogP contribution >= 0.6 is 23.2 Å². The van der Waals surface area contributed by atoms with E-state index in [1.165, 1.54) is 12.1 Å². The fourth-order valence-electron chi connectivity index (χ4n) is 3.82. The lowest BCUT2D eigenvalue weighted by atomic mass is 9.97. The van der Waals surface area contributed by atoms with Crippen molar-refractivity contribution in [2.24, 2.45) is 4.99 Å². The lowest BCUT2D eigenvalue weighted by Gasteiger charge is -2.13. The first kappa shape index (κ1) is 23.3. The molecule has 0 bridgehead atoms. The molecule has 1 amide bonds. The summed E-state index contributed by atoms with van der Waals surface area (Å²) in [6, 6.07) is 15.6. The first-order valence-electron chi connectivity index (χ1n) is 10.8. The van der Waals surface area contributed by atoms with Gasteiger partial charge in [0.05, 0.1) is 17.4 Å². The molecule has 0 radical (unpaired) electrons. The third-order valence-corrected chi connectivity index (χ3v) is 6.30. The Kier molecular flexibility index (Phi) is 7.31. The van der Waals surface area contributed by atoms with Gasteiger partial charge in [0.2, 0.25) is 0 Å². The molecular formula is C26H24Cl2FN3O. The number of amidine groups is 1. The zero-order valence-electron chi connectivity index (χ0n) is 18.2. The summed E-state index contributed by atoms with van der Waals surface area (Å²) in [5, 5.41) is 7.25. The number of halogens is 3. The molecule has 1 aliphatic heterocycles. The van der Waals surface area contributed by atoms with Gasteiger partial charge in [-0.05, 0) is 72.0 Å². The summed E-state index contributed by atoms with van der Waals surface area (Å²) in [4.78, 5) is 17.5. The molecule has 4 rings (SSSR count). The molecule has 7 heteroatoms. The molecule has 0 unspecified atom stereocenters. The SMILES string of the molecule is Cc1cc(CNC(=O)c2cc(CCC3=NCCN3)cc(-c3ccc(F)cc3Cl)c2)ccc1Cl. The van der Waals surface area contributed by atoms with Gasteiger partial charge in [-0.15, -0.1) is 0 Å². The second-order valence-corrected chi connectivity index (χ2v) is 8.88. The lowest BCUT2D eigenvalue weighted by Crippen LogP contribution is -2.23. The molecule has 0 saturated heterocycles. The van der Waals surface area contributed by atoms with Crippen LogP contribution in [0, 0.1) is 12.7 Å². The normalized spacial score (nSPS) is 12.9. The number of amides is 1. The largest absolute Gasteiger partial charge is 0.372 e. The van der Waals surface area contributed by atoms with Gasteiger partial charge in [-0.2, -0.15) is 0 Å². The van der Waals surface area contributed by atoms with Crippen molar-refractivity contribution in [3.8, 4) is 11.1 Å². The maximum atomic E-state index is 13.6. The molecule has 0 aliphatic carbocycles. The number of nitrogens with one attached hydrogen (secondary N) is 2. The highest BCUT2D eigenvalue weighted by atomic mass is 35.5. The molecule has 170 valence electrons. The van der Waals surface area contributed by atoms with Crippen LogP contribution in [-0.4, -0.2) is 24.8 Å². The van der Waals surface area contributed by atoms with Crippen LogP contribution in [0.25, 0.3) is 11.1 Å². The molecule has 4 nitrogen and oxygen atoms in total. The average molecular weight is 484 g/mol. The Morgan fingerprint density at radius 2 is 1.88 bits per heavy atom. The van der Waals surface area contributed by atoms with E-state index in [1.54, 1.807) is 12.1 Å². The van der Waals surface area contributed by atoms with Crippen LogP contribution in [-0.2, 0) is 13.0 Å². The minimum Gasteiger partial charge on any atom is -0.372 e. The molecule has 33 heavy (non-hydrogen) atoms. The van der Waals surface area contributed by atoms with E-state index in [1.807, 2.05) is 37.3 Å². The highest BCUT2D eigenvalue weighted by Crippen LogP contribution is 2.30. The van der Waals surface area contributed by atoms with E-state index in [2.05, 4.69) is 15.6 Å². The summed E-state index contributed by atoms with van der Waals surface area (Å²) in [7, 11) is 0.